The maximum absolute atomic E-state index is 13.0. The smallest absolute Gasteiger partial charge is 0.416 e. The van der Waals surface area contributed by atoms with Gasteiger partial charge in [-0.1, -0.05) is 0 Å². The van der Waals surface area contributed by atoms with Gasteiger partial charge in [-0.2, -0.15) is 13.2 Å². The largest absolute Gasteiger partial charge is 0.444 e. The molecule has 0 aliphatic carbocycles. The minimum absolute atomic E-state index is 0.0344. The summed E-state index contributed by atoms with van der Waals surface area (Å²) in [5.41, 5.74) is 0.916. The van der Waals surface area contributed by atoms with Crippen LogP contribution in [0.15, 0.2) is 48.8 Å². The number of anilines is 3. The van der Waals surface area contributed by atoms with E-state index >= 15 is 0 Å². The molecule has 0 bridgehead atoms. The van der Waals surface area contributed by atoms with Gasteiger partial charge in [0.1, 0.15) is 23.1 Å². The fourth-order valence-electron chi connectivity index (χ4n) is 3.97. The van der Waals surface area contributed by atoms with E-state index in [4.69, 9.17) is 4.74 Å². The number of alkyl halides is 3. The first-order valence-electron chi connectivity index (χ1n) is 11.9. The van der Waals surface area contributed by atoms with Gasteiger partial charge >= 0.3 is 12.3 Å². The Bertz CT molecular complexity index is 1260. The molecule has 1 amide bonds. The van der Waals surface area contributed by atoms with E-state index in [0.717, 1.165) is 48.2 Å². The molecule has 0 spiro atoms. The number of carbonyl (C=O) groups excluding carboxylic acids is 1. The van der Waals surface area contributed by atoms with Gasteiger partial charge in [-0.05, 0) is 76.1 Å². The number of alkyl carbamates (subject to hydrolysis) is 1. The minimum Gasteiger partial charge on any atom is -0.444 e. The van der Waals surface area contributed by atoms with Crippen LogP contribution in [0.3, 0.4) is 0 Å². The van der Waals surface area contributed by atoms with Crippen LogP contribution < -0.4 is 15.5 Å². The van der Waals surface area contributed by atoms with Gasteiger partial charge in [0.25, 0.3) is 0 Å². The zero-order valence-corrected chi connectivity index (χ0v) is 21.1. The fraction of sp³-hybridized carbons (Fsp3) is 0.385. The number of hydrogen-bond acceptors (Lipinski definition) is 7. The number of aromatic nitrogens is 3. The maximum Gasteiger partial charge on any atom is 0.416 e. The molecule has 1 atom stereocenters. The molecule has 1 aliphatic heterocycles. The van der Waals surface area contributed by atoms with Gasteiger partial charge in [0.05, 0.1) is 17.3 Å². The lowest BCUT2D eigenvalue weighted by Crippen LogP contribution is -2.40. The van der Waals surface area contributed by atoms with Crippen LogP contribution in [-0.2, 0) is 10.9 Å². The summed E-state index contributed by atoms with van der Waals surface area (Å²) in [7, 11) is 0. The Morgan fingerprint density at radius 1 is 1.08 bits per heavy atom. The Hall–Kier alpha value is -3.89. The molecule has 4 rings (SSSR count). The Morgan fingerprint density at radius 3 is 2.54 bits per heavy atom. The number of carbonyl (C=O) groups is 1. The highest BCUT2D eigenvalue weighted by atomic mass is 19.4. The topological polar surface area (TPSA) is 92.3 Å². The molecule has 196 valence electrons. The zero-order chi connectivity index (χ0) is 26.8. The van der Waals surface area contributed by atoms with E-state index in [0.29, 0.717) is 18.1 Å². The fourth-order valence-corrected chi connectivity index (χ4v) is 3.97. The molecule has 11 heteroatoms. The SMILES string of the molecule is Cc1cc(Nc2cc(C(F)(F)F)ccn2)nc(-c2ccc(N3CCC(NC(=O)OC(C)(C)C)C3)nc2)c1. The van der Waals surface area contributed by atoms with Gasteiger partial charge in [0, 0.05) is 31.0 Å². The molecule has 3 aromatic heterocycles. The van der Waals surface area contributed by atoms with Crippen molar-refractivity contribution in [3.63, 3.8) is 0 Å². The summed E-state index contributed by atoms with van der Waals surface area (Å²) in [5, 5.41) is 5.76. The molecule has 1 unspecified atom stereocenters. The second-order valence-corrected chi connectivity index (χ2v) is 9.95. The normalized spacial score (nSPS) is 16.0. The molecule has 0 saturated carbocycles. The van der Waals surface area contributed by atoms with Crippen LogP contribution in [0, 0.1) is 6.92 Å². The Labute approximate surface area is 213 Å². The zero-order valence-electron chi connectivity index (χ0n) is 21.1. The highest BCUT2D eigenvalue weighted by Crippen LogP contribution is 2.31. The Morgan fingerprint density at radius 2 is 1.86 bits per heavy atom. The van der Waals surface area contributed by atoms with Gasteiger partial charge in [0.15, 0.2) is 0 Å². The summed E-state index contributed by atoms with van der Waals surface area (Å²) in [4.78, 5) is 27.2. The Kier molecular flexibility index (Phi) is 7.24. The standard InChI is InChI=1S/C26H29F3N6O2/c1-16-11-20(33-22(12-16)34-21-13-18(7-9-30-21)26(27,28)29)17-5-6-23(31-14-17)35-10-8-19(15-35)32-24(36)37-25(2,3)4/h5-7,9,11-14,19H,8,10,15H2,1-4H3,(H,32,36)(H,30,33,34). The third kappa shape index (κ3) is 7.08. The number of rotatable bonds is 5. The minimum atomic E-state index is -4.46. The predicted octanol–water partition coefficient (Wildman–Crippen LogP) is 5.71. The van der Waals surface area contributed by atoms with Crippen molar-refractivity contribution in [2.45, 2.75) is 51.9 Å². The third-order valence-corrected chi connectivity index (χ3v) is 5.59. The summed E-state index contributed by atoms with van der Waals surface area (Å²) in [6.07, 6.45) is -1.30. The van der Waals surface area contributed by atoms with Crippen molar-refractivity contribution in [3.05, 3.63) is 59.9 Å². The monoisotopic (exact) mass is 514 g/mol. The van der Waals surface area contributed by atoms with E-state index < -0.39 is 23.4 Å². The number of amides is 1. The maximum atomic E-state index is 13.0. The van der Waals surface area contributed by atoms with Crippen LogP contribution >= 0.6 is 0 Å². The molecule has 1 saturated heterocycles. The van der Waals surface area contributed by atoms with Crippen molar-refractivity contribution in [2.24, 2.45) is 0 Å². The van der Waals surface area contributed by atoms with E-state index in [-0.39, 0.29) is 11.9 Å². The molecule has 2 N–H and O–H groups in total. The van der Waals surface area contributed by atoms with Crippen molar-refractivity contribution in [2.75, 3.05) is 23.3 Å². The third-order valence-electron chi connectivity index (χ3n) is 5.59. The summed E-state index contributed by atoms with van der Waals surface area (Å²) >= 11 is 0. The van der Waals surface area contributed by atoms with Gasteiger partial charge in [-0.3, -0.25) is 0 Å². The molecular weight excluding hydrogens is 485 g/mol. The van der Waals surface area contributed by atoms with E-state index in [1.54, 1.807) is 12.3 Å². The lowest BCUT2D eigenvalue weighted by molar-refractivity contribution is -0.137. The first-order valence-corrected chi connectivity index (χ1v) is 11.9. The molecule has 0 radical (unpaired) electrons. The lowest BCUT2D eigenvalue weighted by Gasteiger charge is -2.22. The quantitative estimate of drug-likeness (QED) is 0.450. The van der Waals surface area contributed by atoms with Crippen LogP contribution in [0.5, 0.6) is 0 Å². The van der Waals surface area contributed by atoms with Crippen molar-refractivity contribution in [1.82, 2.24) is 20.3 Å². The lowest BCUT2D eigenvalue weighted by atomic mass is 10.1. The number of pyridine rings is 3. The van der Waals surface area contributed by atoms with Crippen molar-refractivity contribution in [1.29, 1.82) is 0 Å². The number of hydrogen-bond donors (Lipinski definition) is 2. The predicted molar refractivity (Wildman–Crippen MR) is 135 cm³/mol. The molecule has 8 nitrogen and oxygen atoms in total. The van der Waals surface area contributed by atoms with E-state index in [1.165, 1.54) is 0 Å². The van der Waals surface area contributed by atoms with Crippen LogP contribution in [0.2, 0.25) is 0 Å². The highest BCUT2D eigenvalue weighted by molar-refractivity contribution is 5.68. The second kappa shape index (κ2) is 10.2. The van der Waals surface area contributed by atoms with Crippen LogP contribution in [0.1, 0.15) is 38.3 Å². The van der Waals surface area contributed by atoms with Crippen LogP contribution in [0.25, 0.3) is 11.3 Å². The average Bonchev–Trinajstić information content (AvgIpc) is 3.25. The summed E-state index contributed by atoms with van der Waals surface area (Å²) in [6, 6.07) is 9.22. The van der Waals surface area contributed by atoms with E-state index in [9.17, 15) is 18.0 Å². The molecule has 4 heterocycles. The van der Waals surface area contributed by atoms with Crippen molar-refractivity contribution >= 4 is 23.5 Å². The molecule has 1 fully saturated rings. The summed E-state index contributed by atoms with van der Waals surface area (Å²) in [6.45, 7) is 8.70. The van der Waals surface area contributed by atoms with E-state index in [2.05, 4.69) is 30.5 Å². The van der Waals surface area contributed by atoms with Crippen molar-refractivity contribution < 1.29 is 22.7 Å². The van der Waals surface area contributed by atoms with Gasteiger partial charge in [-0.15, -0.1) is 0 Å². The average molecular weight is 515 g/mol. The summed E-state index contributed by atoms with van der Waals surface area (Å²) < 4.78 is 44.4. The molecule has 3 aromatic rings. The molecule has 37 heavy (non-hydrogen) atoms. The molecular formula is C26H29F3N6O2. The van der Waals surface area contributed by atoms with E-state index in [1.807, 2.05) is 45.9 Å². The number of ether oxygens (including phenoxy) is 1. The van der Waals surface area contributed by atoms with Gasteiger partial charge in [0.2, 0.25) is 0 Å². The number of nitrogens with one attached hydrogen (secondary N) is 2. The first kappa shape index (κ1) is 26.2. The van der Waals surface area contributed by atoms with Gasteiger partial charge < -0.3 is 20.3 Å². The van der Waals surface area contributed by atoms with Crippen molar-refractivity contribution in [3.8, 4) is 11.3 Å². The first-order chi connectivity index (χ1) is 17.4. The number of halogens is 3. The van der Waals surface area contributed by atoms with Crippen LogP contribution in [0.4, 0.5) is 35.4 Å². The summed E-state index contributed by atoms with van der Waals surface area (Å²) in [5.74, 6) is 1.20. The molecule has 1 aliphatic rings. The number of aryl methyl sites for hydroxylation is 1. The highest BCUT2D eigenvalue weighted by Gasteiger charge is 2.31. The van der Waals surface area contributed by atoms with Crippen LogP contribution in [-0.4, -0.2) is 45.8 Å². The number of nitrogens with zero attached hydrogens (tertiary/aromatic N) is 4. The second-order valence-electron chi connectivity index (χ2n) is 9.95. The molecule has 0 aromatic carbocycles. The van der Waals surface area contributed by atoms with Gasteiger partial charge in [-0.25, -0.2) is 19.7 Å². The Balaban J connectivity index is 1.43.